The third-order valence-corrected chi connectivity index (χ3v) is 6.98. The minimum atomic E-state index is 0.610. The van der Waals surface area contributed by atoms with Crippen molar-refractivity contribution in [2.45, 2.75) is 51.2 Å². The van der Waals surface area contributed by atoms with E-state index in [0.717, 1.165) is 26.3 Å². The SMILES string of the molecule is Cc1[nH]c2ccccc2c1CNC1CCC(N(CC2COC2)c2ccccc2)CC1. The van der Waals surface area contributed by atoms with Crippen LogP contribution in [0.5, 0.6) is 0 Å². The van der Waals surface area contributed by atoms with E-state index >= 15 is 0 Å². The molecule has 1 saturated heterocycles. The molecule has 0 unspecified atom stereocenters. The number of fused-ring (bicyclic) bond motifs is 1. The summed E-state index contributed by atoms with van der Waals surface area (Å²) in [6.07, 6.45) is 5.01. The molecule has 2 fully saturated rings. The Morgan fingerprint density at radius 3 is 2.43 bits per heavy atom. The lowest BCUT2D eigenvalue weighted by Gasteiger charge is -2.42. The zero-order chi connectivity index (χ0) is 20.3. The van der Waals surface area contributed by atoms with Gasteiger partial charge in [-0.1, -0.05) is 36.4 Å². The number of anilines is 1. The van der Waals surface area contributed by atoms with Gasteiger partial charge < -0.3 is 19.9 Å². The highest BCUT2D eigenvalue weighted by atomic mass is 16.5. The van der Waals surface area contributed by atoms with Crippen molar-refractivity contribution in [2.24, 2.45) is 5.92 Å². The van der Waals surface area contributed by atoms with Gasteiger partial charge in [0.2, 0.25) is 0 Å². The van der Waals surface area contributed by atoms with Crippen LogP contribution in [0.25, 0.3) is 10.9 Å². The van der Waals surface area contributed by atoms with Crippen molar-refractivity contribution in [1.29, 1.82) is 0 Å². The Morgan fingerprint density at radius 1 is 0.967 bits per heavy atom. The molecule has 1 saturated carbocycles. The molecule has 158 valence electrons. The van der Waals surface area contributed by atoms with Gasteiger partial charge >= 0.3 is 0 Å². The van der Waals surface area contributed by atoms with Crippen molar-refractivity contribution in [3.8, 4) is 0 Å². The van der Waals surface area contributed by atoms with Gasteiger partial charge in [0.25, 0.3) is 0 Å². The van der Waals surface area contributed by atoms with E-state index in [2.05, 4.69) is 76.7 Å². The molecule has 2 N–H and O–H groups in total. The van der Waals surface area contributed by atoms with Crippen molar-refractivity contribution >= 4 is 16.6 Å². The first-order chi connectivity index (χ1) is 14.8. The lowest BCUT2D eigenvalue weighted by atomic mass is 9.89. The Kier molecular flexibility index (Phi) is 5.78. The number of aromatic nitrogens is 1. The summed E-state index contributed by atoms with van der Waals surface area (Å²) in [6.45, 7) is 6.11. The number of H-pyrrole nitrogens is 1. The van der Waals surface area contributed by atoms with E-state index in [9.17, 15) is 0 Å². The molecule has 1 aliphatic heterocycles. The first kappa shape index (κ1) is 19.7. The number of benzene rings is 2. The van der Waals surface area contributed by atoms with Crippen LogP contribution in [0.4, 0.5) is 5.69 Å². The number of nitrogens with one attached hydrogen (secondary N) is 2. The smallest absolute Gasteiger partial charge is 0.0533 e. The second-order valence-electron chi connectivity index (χ2n) is 9.05. The van der Waals surface area contributed by atoms with Gasteiger partial charge in [0, 0.05) is 53.4 Å². The third-order valence-electron chi connectivity index (χ3n) is 6.98. The molecular weight excluding hydrogens is 370 g/mol. The number of para-hydroxylation sites is 2. The van der Waals surface area contributed by atoms with E-state index < -0.39 is 0 Å². The second-order valence-corrected chi connectivity index (χ2v) is 9.05. The fourth-order valence-electron chi connectivity index (χ4n) is 5.15. The van der Waals surface area contributed by atoms with Crippen molar-refractivity contribution in [3.05, 3.63) is 65.9 Å². The van der Waals surface area contributed by atoms with E-state index in [1.165, 1.54) is 53.5 Å². The van der Waals surface area contributed by atoms with Crippen molar-refractivity contribution in [3.63, 3.8) is 0 Å². The topological polar surface area (TPSA) is 40.3 Å². The van der Waals surface area contributed by atoms with Gasteiger partial charge in [-0.15, -0.1) is 0 Å². The number of aromatic amines is 1. The van der Waals surface area contributed by atoms with Gasteiger partial charge in [-0.05, 0) is 56.4 Å². The maximum absolute atomic E-state index is 5.44. The van der Waals surface area contributed by atoms with Gasteiger partial charge in [-0.3, -0.25) is 0 Å². The molecule has 0 spiro atoms. The lowest BCUT2D eigenvalue weighted by molar-refractivity contribution is -0.0286. The summed E-state index contributed by atoms with van der Waals surface area (Å²) in [5.41, 5.74) is 5.32. The largest absolute Gasteiger partial charge is 0.381 e. The van der Waals surface area contributed by atoms with E-state index in [4.69, 9.17) is 4.74 Å². The first-order valence-corrected chi connectivity index (χ1v) is 11.5. The monoisotopic (exact) mass is 403 g/mol. The molecule has 1 aromatic heterocycles. The molecule has 0 atom stereocenters. The highest BCUT2D eigenvalue weighted by Gasteiger charge is 2.30. The van der Waals surface area contributed by atoms with Crippen LogP contribution in [0.1, 0.15) is 36.9 Å². The molecule has 0 radical (unpaired) electrons. The minimum Gasteiger partial charge on any atom is -0.381 e. The van der Waals surface area contributed by atoms with E-state index in [-0.39, 0.29) is 0 Å². The molecule has 2 heterocycles. The van der Waals surface area contributed by atoms with E-state index in [1.807, 2.05) is 0 Å². The van der Waals surface area contributed by atoms with Crippen molar-refractivity contribution in [2.75, 3.05) is 24.7 Å². The molecule has 0 amide bonds. The second kappa shape index (κ2) is 8.83. The average Bonchev–Trinajstić information content (AvgIpc) is 3.08. The lowest BCUT2D eigenvalue weighted by Crippen LogP contribution is -2.47. The molecule has 2 aromatic carbocycles. The first-order valence-electron chi connectivity index (χ1n) is 11.5. The molecule has 3 aromatic rings. The van der Waals surface area contributed by atoms with Crippen LogP contribution in [0, 0.1) is 12.8 Å². The number of ether oxygens (including phenoxy) is 1. The Balaban J connectivity index is 1.20. The van der Waals surface area contributed by atoms with Crippen LogP contribution in [-0.2, 0) is 11.3 Å². The standard InChI is InChI=1S/C26H33N3O/c1-19-25(24-9-5-6-10-26(24)28-19)15-27-21-11-13-23(14-12-21)29(16-20-17-30-18-20)22-7-3-2-4-8-22/h2-10,20-21,23,27-28H,11-18H2,1H3. The number of hydrogen-bond donors (Lipinski definition) is 2. The molecule has 1 aliphatic carbocycles. The van der Waals surface area contributed by atoms with E-state index in [0.29, 0.717) is 18.0 Å². The zero-order valence-electron chi connectivity index (χ0n) is 17.9. The van der Waals surface area contributed by atoms with E-state index in [1.54, 1.807) is 0 Å². The Bertz CT molecular complexity index is 955. The van der Waals surface area contributed by atoms with Crippen LogP contribution in [0.15, 0.2) is 54.6 Å². The Hall–Kier alpha value is -2.30. The predicted molar refractivity (Wildman–Crippen MR) is 124 cm³/mol. The highest BCUT2D eigenvalue weighted by Crippen LogP contribution is 2.30. The maximum Gasteiger partial charge on any atom is 0.0533 e. The summed E-state index contributed by atoms with van der Waals surface area (Å²) in [4.78, 5) is 6.19. The van der Waals surface area contributed by atoms with Crippen LogP contribution in [0.2, 0.25) is 0 Å². The fraction of sp³-hybridized carbons (Fsp3) is 0.462. The zero-order valence-corrected chi connectivity index (χ0v) is 17.9. The van der Waals surface area contributed by atoms with Gasteiger partial charge in [0.1, 0.15) is 0 Å². The number of rotatable bonds is 7. The predicted octanol–water partition coefficient (Wildman–Crippen LogP) is 5.03. The van der Waals surface area contributed by atoms with Crippen LogP contribution in [0.3, 0.4) is 0 Å². The van der Waals surface area contributed by atoms with Crippen molar-refractivity contribution < 1.29 is 4.74 Å². The Morgan fingerprint density at radius 2 is 1.70 bits per heavy atom. The molecule has 2 aliphatic rings. The third kappa shape index (κ3) is 4.12. The summed E-state index contributed by atoms with van der Waals surface area (Å²) in [5, 5.41) is 5.22. The van der Waals surface area contributed by atoms with Gasteiger partial charge in [0.15, 0.2) is 0 Å². The molecule has 4 nitrogen and oxygen atoms in total. The fourth-order valence-corrected chi connectivity index (χ4v) is 5.15. The average molecular weight is 404 g/mol. The summed E-state index contributed by atoms with van der Waals surface area (Å²) >= 11 is 0. The summed E-state index contributed by atoms with van der Waals surface area (Å²) < 4.78 is 5.44. The van der Waals surface area contributed by atoms with Gasteiger partial charge in [-0.25, -0.2) is 0 Å². The highest BCUT2D eigenvalue weighted by molar-refractivity contribution is 5.84. The number of hydrogen-bond acceptors (Lipinski definition) is 3. The Labute approximate surface area is 179 Å². The molecule has 5 rings (SSSR count). The molecule has 30 heavy (non-hydrogen) atoms. The molecule has 4 heteroatoms. The van der Waals surface area contributed by atoms with Crippen molar-refractivity contribution in [1.82, 2.24) is 10.3 Å². The van der Waals surface area contributed by atoms with Gasteiger partial charge in [-0.2, -0.15) is 0 Å². The summed E-state index contributed by atoms with van der Waals surface area (Å²) in [6, 6.07) is 20.9. The maximum atomic E-state index is 5.44. The minimum absolute atomic E-state index is 0.610. The normalized spacial score (nSPS) is 22.2. The summed E-state index contributed by atoms with van der Waals surface area (Å²) in [7, 11) is 0. The van der Waals surface area contributed by atoms with Crippen LogP contribution >= 0.6 is 0 Å². The van der Waals surface area contributed by atoms with Crippen LogP contribution < -0.4 is 10.2 Å². The molecule has 0 bridgehead atoms. The quantitative estimate of drug-likeness (QED) is 0.581. The summed E-state index contributed by atoms with van der Waals surface area (Å²) in [5.74, 6) is 0.686. The number of nitrogens with zero attached hydrogens (tertiary/aromatic N) is 1. The van der Waals surface area contributed by atoms with Gasteiger partial charge in [0.05, 0.1) is 13.2 Å². The molecular formula is C26H33N3O. The number of aryl methyl sites for hydroxylation is 1. The van der Waals surface area contributed by atoms with Crippen LogP contribution in [-0.4, -0.2) is 36.8 Å².